The highest BCUT2D eigenvalue weighted by molar-refractivity contribution is 8.03. The summed E-state index contributed by atoms with van der Waals surface area (Å²) in [5.41, 5.74) is 0. The minimum atomic E-state index is 1.34. The van der Waals surface area contributed by atoms with Crippen LogP contribution in [-0.4, -0.2) is 6.26 Å². The average Bonchev–Trinajstić information content (AvgIpc) is 1.61. The van der Waals surface area contributed by atoms with Gasteiger partial charge in [0.05, 0.1) is 0 Å². The molecule has 0 aromatic carbocycles. The Kier molecular flexibility index (Phi) is 3.96. The summed E-state index contributed by atoms with van der Waals surface area (Å²) in [6, 6.07) is 1.69. The molecule has 0 aromatic rings. The Labute approximate surface area is 41.3 Å². The maximum absolute atomic E-state index is 7.76. The van der Waals surface area contributed by atoms with Crippen molar-refractivity contribution in [1.82, 2.24) is 0 Å². The van der Waals surface area contributed by atoms with Crippen molar-refractivity contribution in [2.24, 2.45) is 0 Å². The van der Waals surface area contributed by atoms with Gasteiger partial charge in [0.25, 0.3) is 0 Å². The van der Waals surface area contributed by atoms with Crippen LogP contribution in [-0.2, 0) is 0 Å². The number of rotatable bonds is 0. The molecule has 0 aliphatic heterocycles. The summed E-state index contributed by atoms with van der Waals surface area (Å²) in [6.07, 6.45) is 1.82. The van der Waals surface area contributed by atoms with Gasteiger partial charge in [0.15, 0.2) is 6.07 Å². The van der Waals surface area contributed by atoms with E-state index in [0.29, 0.717) is 0 Å². The van der Waals surface area contributed by atoms with Crippen LogP contribution in [0.1, 0.15) is 0 Å². The van der Waals surface area contributed by atoms with Crippen LogP contribution in [0.4, 0.5) is 0 Å². The fraction of sp³-hybridized carbons (Fsp3) is 0.250. The minimum Gasteiger partial charge on any atom is -0.183 e. The molecule has 1 nitrogen and oxygen atoms in total. The van der Waals surface area contributed by atoms with Gasteiger partial charge in [-0.1, -0.05) is 11.8 Å². The fourth-order valence-corrected chi connectivity index (χ4v) is 0.222. The van der Waals surface area contributed by atoms with E-state index in [4.69, 9.17) is 5.26 Å². The zero-order chi connectivity index (χ0) is 4.83. The van der Waals surface area contributed by atoms with E-state index in [2.05, 4.69) is 11.2 Å². The van der Waals surface area contributed by atoms with Crippen molar-refractivity contribution in [2.45, 2.75) is 0 Å². The van der Waals surface area contributed by atoms with Crippen LogP contribution in [0.2, 0.25) is 0 Å². The molecule has 0 N–H and O–H groups in total. The fourth-order valence-electron chi connectivity index (χ4n) is 0.0739. The molecular weight excluding hydrogens is 94.1 g/mol. The van der Waals surface area contributed by atoms with Crippen molar-refractivity contribution in [3.63, 3.8) is 0 Å². The largest absolute Gasteiger partial charge is 0.183 e. The van der Waals surface area contributed by atoms with Gasteiger partial charge in [0, 0.05) is 5.92 Å². The predicted molar refractivity (Wildman–Crippen MR) is 26.9 cm³/mol. The van der Waals surface area contributed by atoms with Crippen LogP contribution >= 0.6 is 11.8 Å². The van der Waals surface area contributed by atoms with E-state index in [1.807, 2.05) is 6.26 Å². The summed E-state index contributed by atoms with van der Waals surface area (Å²) in [5, 5.41) is 10.3. The molecule has 0 aromatic heterocycles. The first-order valence-corrected chi connectivity index (χ1v) is 2.56. The van der Waals surface area contributed by atoms with Crippen LogP contribution in [0.3, 0.4) is 0 Å². The highest BCUT2D eigenvalue weighted by Gasteiger charge is 1.53. The van der Waals surface area contributed by atoms with E-state index < -0.39 is 0 Å². The Morgan fingerprint density at radius 2 is 2.33 bits per heavy atom. The summed E-state index contributed by atoms with van der Waals surface area (Å²) >= 11 is 1.34. The van der Waals surface area contributed by atoms with Crippen LogP contribution < -0.4 is 0 Å². The number of nitriles is 1. The lowest BCUT2D eigenvalue weighted by Crippen LogP contribution is -1.41. The number of hydrogen-bond donors (Lipinski definition) is 0. The second-order valence-corrected chi connectivity index (χ2v) is 1.16. The van der Waals surface area contributed by atoms with Gasteiger partial charge >= 0.3 is 0 Å². The van der Waals surface area contributed by atoms with E-state index in [0.717, 1.165) is 0 Å². The standard InChI is InChI=1S/C4H3NS/c1-6-4-2-3-5/h1H3. The maximum Gasteiger partial charge on any atom is 0.153 e. The molecule has 0 saturated heterocycles. The van der Waals surface area contributed by atoms with Crippen LogP contribution in [0.25, 0.3) is 0 Å². The molecule has 0 bridgehead atoms. The Balaban J connectivity index is 3.22. The van der Waals surface area contributed by atoms with E-state index in [1.54, 1.807) is 6.07 Å². The molecule has 0 unspecified atom stereocenters. The van der Waals surface area contributed by atoms with E-state index >= 15 is 0 Å². The second-order valence-electron chi connectivity index (χ2n) is 0.543. The second kappa shape index (κ2) is 4.40. The van der Waals surface area contributed by atoms with Crippen molar-refractivity contribution < 1.29 is 0 Å². The van der Waals surface area contributed by atoms with Gasteiger partial charge in [-0.05, 0) is 11.5 Å². The van der Waals surface area contributed by atoms with E-state index in [1.165, 1.54) is 11.8 Å². The topological polar surface area (TPSA) is 23.8 Å². The van der Waals surface area contributed by atoms with Gasteiger partial charge in [0.2, 0.25) is 0 Å². The molecule has 0 radical (unpaired) electrons. The molecule has 0 amide bonds. The third-order valence-corrected chi connectivity index (χ3v) is 0.515. The lowest BCUT2D eigenvalue weighted by molar-refractivity contribution is 1.55. The molecule has 0 heterocycles. The van der Waals surface area contributed by atoms with Crippen LogP contribution in [0.15, 0.2) is 0 Å². The maximum atomic E-state index is 7.76. The molecule has 0 rings (SSSR count). The molecule has 0 saturated carbocycles. The van der Waals surface area contributed by atoms with Crippen molar-refractivity contribution in [3.05, 3.63) is 0 Å². The van der Waals surface area contributed by atoms with Crippen molar-refractivity contribution in [3.8, 4) is 17.2 Å². The summed E-state index contributed by atoms with van der Waals surface area (Å²) in [4.78, 5) is 0. The van der Waals surface area contributed by atoms with Crippen molar-refractivity contribution in [1.29, 1.82) is 5.26 Å². The van der Waals surface area contributed by atoms with Crippen molar-refractivity contribution >= 4 is 11.8 Å². The Morgan fingerprint density at radius 1 is 1.67 bits per heavy atom. The molecule has 2 heteroatoms. The Bertz CT molecular complexity index is 112. The normalized spacial score (nSPS) is 4.67. The number of hydrogen-bond acceptors (Lipinski definition) is 2. The Hall–Kier alpha value is -0.600. The highest BCUT2D eigenvalue weighted by Crippen LogP contribution is 1.81. The van der Waals surface area contributed by atoms with Gasteiger partial charge < -0.3 is 0 Å². The summed E-state index contributed by atoms with van der Waals surface area (Å²) in [5.74, 6) is 2.22. The lowest BCUT2D eigenvalue weighted by Gasteiger charge is -1.56. The zero-order valence-electron chi connectivity index (χ0n) is 3.36. The lowest BCUT2D eigenvalue weighted by atomic mass is 10.8. The van der Waals surface area contributed by atoms with Gasteiger partial charge in [-0.25, -0.2) is 0 Å². The number of nitrogens with zero attached hydrogens (tertiary/aromatic N) is 1. The smallest absolute Gasteiger partial charge is 0.153 e. The summed E-state index contributed by atoms with van der Waals surface area (Å²) < 4.78 is 0. The molecule has 0 aliphatic rings. The van der Waals surface area contributed by atoms with Crippen LogP contribution in [0.5, 0.6) is 0 Å². The van der Waals surface area contributed by atoms with E-state index in [-0.39, 0.29) is 0 Å². The van der Waals surface area contributed by atoms with Gasteiger partial charge in [0.1, 0.15) is 0 Å². The number of thioether (sulfide) groups is 1. The Morgan fingerprint density at radius 3 is 2.50 bits per heavy atom. The molecule has 30 valence electrons. The molecule has 0 atom stereocenters. The van der Waals surface area contributed by atoms with Crippen molar-refractivity contribution in [2.75, 3.05) is 6.26 Å². The molecular formula is C4H3NS. The summed E-state index contributed by atoms with van der Waals surface area (Å²) in [6.45, 7) is 0. The quantitative estimate of drug-likeness (QED) is 0.418. The third-order valence-electron chi connectivity index (χ3n) is 0.209. The average molecular weight is 97.1 g/mol. The first-order valence-electron chi connectivity index (χ1n) is 1.34. The minimum absolute atomic E-state index is 1.34. The monoisotopic (exact) mass is 97.0 g/mol. The van der Waals surface area contributed by atoms with E-state index in [9.17, 15) is 0 Å². The molecule has 0 fully saturated rings. The predicted octanol–water partition coefficient (Wildman–Crippen LogP) is 0.834. The molecule has 0 aliphatic carbocycles. The van der Waals surface area contributed by atoms with Crippen LogP contribution in [0, 0.1) is 22.5 Å². The first kappa shape index (κ1) is 5.40. The molecule has 6 heavy (non-hydrogen) atoms. The van der Waals surface area contributed by atoms with Gasteiger partial charge in [-0.2, -0.15) is 5.26 Å². The first-order chi connectivity index (χ1) is 2.91. The van der Waals surface area contributed by atoms with Gasteiger partial charge in [-0.3, -0.25) is 0 Å². The highest BCUT2D eigenvalue weighted by atomic mass is 32.2. The third kappa shape index (κ3) is 3.40. The van der Waals surface area contributed by atoms with Gasteiger partial charge in [-0.15, -0.1) is 0 Å². The summed E-state index contributed by atoms with van der Waals surface area (Å²) in [7, 11) is 0. The molecule has 0 spiro atoms. The zero-order valence-corrected chi connectivity index (χ0v) is 4.17. The SMILES string of the molecule is CSC#CC#N.